The quantitative estimate of drug-likeness (QED) is 0.847. The Hall–Kier alpha value is -2.41. The standard InChI is InChI=1S/C20H25N3O3S/c1-14-15(2)27-20(21-14)22-19(25)16-9-5-6-10-17(16)26-13-18(24)23-11-7-3-4-8-12-23/h5-6,9-10H,3-4,7-8,11-13H2,1-2H3,(H,21,22,25). The van der Waals surface area contributed by atoms with Gasteiger partial charge in [-0.25, -0.2) is 4.98 Å². The number of likely N-dealkylation sites (tertiary alicyclic amines) is 1. The third-order valence-electron chi connectivity index (χ3n) is 4.69. The van der Waals surface area contributed by atoms with Crippen LogP contribution in [0, 0.1) is 13.8 Å². The van der Waals surface area contributed by atoms with Gasteiger partial charge in [-0.05, 0) is 38.8 Å². The van der Waals surface area contributed by atoms with Crippen molar-refractivity contribution in [2.45, 2.75) is 39.5 Å². The molecule has 0 atom stereocenters. The maximum atomic E-state index is 12.6. The number of amides is 2. The number of carbonyl (C=O) groups is 2. The highest BCUT2D eigenvalue weighted by molar-refractivity contribution is 7.15. The lowest BCUT2D eigenvalue weighted by molar-refractivity contribution is -0.133. The van der Waals surface area contributed by atoms with Crippen molar-refractivity contribution in [3.8, 4) is 5.75 Å². The van der Waals surface area contributed by atoms with Crippen LogP contribution in [0.15, 0.2) is 24.3 Å². The average Bonchev–Trinajstić information content (AvgIpc) is 2.86. The Labute approximate surface area is 163 Å². The molecule has 0 spiro atoms. The monoisotopic (exact) mass is 387 g/mol. The first kappa shape index (κ1) is 19.4. The predicted octanol–water partition coefficient (Wildman–Crippen LogP) is 3.79. The van der Waals surface area contributed by atoms with E-state index < -0.39 is 0 Å². The third kappa shape index (κ3) is 5.07. The number of benzene rings is 1. The van der Waals surface area contributed by atoms with E-state index in [1.165, 1.54) is 24.2 Å². The molecule has 3 rings (SSSR count). The van der Waals surface area contributed by atoms with Gasteiger partial charge in [0, 0.05) is 18.0 Å². The van der Waals surface area contributed by atoms with Crippen LogP contribution in [0.2, 0.25) is 0 Å². The number of hydrogen-bond acceptors (Lipinski definition) is 5. The van der Waals surface area contributed by atoms with E-state index in [0.29, 0.717) is 16.4 Å². The van der Waals surface area contributed by atoms with Crippen LogP contribution in [-0.2, 0) is 4.79 Å². The Morgan fingerprint density at radius 3 is 2.52 bits per heavy atom. The molecule has 0 bridgehead atoms. The van der Waals surface area contributed by atoms with Gasteiger partial charge in [0.1, 0.15) is 5.75 Å². The second-order valence-corrected chi connectivity index (χ2v) is 7.90. The molecule has 144 valence electrons. The zero-order valence-electron chi connectivity index (χ0n) is 15.8. The topological polar surface area (TPSA) is 71.5 Å². The summed E-state index contributed by atoms with van der Waals surface area (Å²) in [6.07, 6.45) is 4.42. The van der Waals surface area contributed by atoms with E-state index in [1.54, 1.807) is 24.3 Å². The Bertz CT molecular complexity index is 791. The van der Waals surface area contributed by atoms with Gasteiger partial charge in [-0.2, -0.15) is 0 Å². The van der Waals surface area contributed by atoms with Crippen molar-refractivity contribution in [1.82, 2.24) is 9.88 Å². The number of carbonyl (C=O) groups excluding carboxylic acids is 2. The highest BCUT2D eigenvalue weighted by atomic mass is 32.1. The number of aromatic nitrogens is 1. The molecule has 0 aliphatic carbocycles. The van der Waals surface area contributed by atoms with Crippen LogP contribution in [-0.4, -0.2) is 41.4 Å². The maximum Gasteiger partial charge on any atom is 0.261 e. The lowest BCUT2D eigenvalue weighted by Crippen LogP contribution is -2.35. The van der Waals surface area contributed by atoms with E-state index in [2.05, 4.69) is 10.3 Å². The SMILES string of the molecule is Cc1nc(NC(=O)c2ccccc2OCC(=O)N2CCCCCC2)sc1C. The summed E-state index contributed by atoms with van der Waals surface area (Å²) in [6, 6.07) is 6.97. The fraction of sp³-hybridized carbons (Fsp3) is 0.450. The summed E-state index contributed by atoms with van der Waals surface area (Å²) in [5.41, 5.74) is 1.30. The van der Waals surface area contributed by atoms with Crippen molar-refractivity contribution in [1.29, 1.82) is 0 Å². The maximum absolute atomic E-state index is 12.6. The number of rotatable bonds is 5. The largest absolute Gasteiger partial charge is 0.483 e. The first-order valence-corrected chi connectivity index (χ1v) is 10.1. The molecule has 1 fully saturated rings. The van der Waals surface area contributed by atoms with Crippen molar-refractivity contribution < 1.29 is 14.3 Å². The number of para-hydroxylation sites is 1. The number of nitrogens with one attached hydrogen (secondary N) is 1. The molecule has 1 N–H and O–H groups in total. The van der Waals surface area contributed by atoms with Gasteiger partial charge >= 0.3 is 0 Å². The van der Waals surface area contributed by atoms with Gasteiger partial charge in [0.15, 0.2) is 11.7 Å². The summed E-state index contributed by atoms with van der Waals surface area (Å²) in [4.78, 5) is 32.3. The molecular formula is C20H25N3O3S. The van der Waals surface area contributed by atoms with Gasteiger partial charge < -0.3 is 9.64 Å². The smallest absolute Gasteiger partial charge is 0.261 e. The molecule has 0 unspecified atom stereocenters. The van der Waals surface area contributed by atoms with Gasteiger partial charge in [-0.3, -0.25) is 14.9 Å². The van der Waals surface area contributed by atoms with E-state index in [1.807, 2.05) is 18.7 Å². The molecule has 0 radical (unpaired) electrons. The number of ether oxygens (including phenoxy) is 1. The zero-order valence-corrected chi connectivity index (χ0v) is 16.6. The number of nitrogens with zero attached hydrogens (tertiary/aromatic N) is 2. The summed E-state index contributed by atoms with van der Waals surface area (Å²) >= 11 is 1.44. The first-order valence-electron chi connectivity index (χ1n) is 9.29. The van der Waals surface area contributed by atoms with Crippen LogP contribution in [0.5, 0.6) is 5.75 Å². The van der Waals surface area contributed by atoms with E-state index in [9.17, 15) is 9.59 Å². The molecule has 27 heavy (non-hydrogen) atoms. The summed E-state index contributed by atoms with van der Waals surface area (Å²) < 4.78 is 5.71. The third-order valence-corrected chi connectivity index (χ3v) is 5.68. The Morgan fingerprint density at radius 2 is 1.85 bits per heavy atom. The highest BCUT2D eigenvalue weighted by Gasteiger charge is 2.18. The minimum Gasteiger partial charge on any atom is -0.483 e. The predicted molar refractivity (Wildman–Crippen MR) is 107 cm³/mol. The lowest BCUT2D eigenvalue weighted by atomic mass is 10.2. The van der Waals surface area contributed by atoms with Crippen molar-refractivity contribution in [2.75, 3.05) is 25.0 Å². The zero-order chi connectivity index (χ0) is 19.2. The number of aryl methyl sites for hydroxylation is 2. The number of anilines is 1. The molecule has 2 heterocycles. The molecule has 0 saturated carbocycles. The fourth-order valence-corrected chi connectivity index (χ4v) is 3.83. The summed E-state index contributed by atoms with van der Waals surface area (Å²) in [7, 11) is 0. The van der Waals surface area contributed by atoms with Gasteiger partial charge in [0.2, 0.25) is 0 Å². The van der Waals surface area contributed by atoms with Gasteiger partial charge in [-0.15, -0.1) is 11.3 Å². The molecule has 1 aliphatic rings. The van der Waals surface area contributed by atoms with E-state index in [4.69, 9.17) is 4.74 Å². The van der Waals surface area contributed by atoms with E-state index in [0.717, 1.165) is 36.5 Å². The molecule has 2 amide bonds. The molecule has 2 aromatic rings. The molecule has 1 saturated heterocycles. The van der Waals surface area contributed by atoms with Crippen LogP contribution in [0.4, 0.5) is 5.13 Å². The van der Waals surface area contributed by atoms with E-state index >= 15 is 0 Å². The molecule has 1 aromatic carbocycles. The summed E-state index contributed by atoms with van der Waals surface area (Å²) in [5, 5.41) is 3.37. The van der Waals surface area contributed by atoms with E-state index in [-0.39, 0.29) is 18.4 Å². The van der Waals surface area contributed by atoms with Crippen LogP contribution in [0.3, 0.4) is 0 Å². The minimum absolute atomic E-state index is 0.0294. The number of thiazole rings is 1. The Morgan fingerprint density at radius 1 is 1.15 bits per heavy atom. The number of hydrogen-bond donors (Lipinski definition) is 1. The van der Waals surface area contributed by atoms with Crippen LogP contribution in [0.25, 0.3) is 0 Å². The lowest BCUT2D eigenvalue weighted by Gasteiger charge is -2.20. The van der Waals surface area contributed by atoms with Crippen molar-refractivity contribution in [2.24, 2.45) is 0 Å². The minimum atomic E-state index is -0.290. The first-order chi connectivity index (χ1) is 13.0. The molecule has 1 aromatic heterocycles. The van der Waals surface area contributed by atoms with Crippen LogP contribution >= 0.6 is 11.3 Å². The van der Waals surface area contributed by atoms with Gasteiger partial charge in [-0.1, -0.05) is 25.0 Å². The summed E-state index contributed by atoms with van der Waals surface area (Å²) in [6.45, 7) is 5.39. The van der Waals surface area contributed by atoms with Crippen LogP contribution < -0.4 is 10.1 Å². The van der Waals surface area contributed by atoms with Gasteiger partial charge in [0.05, 0.1) is 11.3 Å². The second-order valence-electron chi connectivity index (χ2n) is 6.69. The molecular weight excluding hydrogens is 362 g/mol. The second kappa shape index (κ2) is 8.99. The average molecular weight is 388 g/mol. The fourth-order valence-electron chi connectivity index (χ4n) is 3.02. The molecule has 6 nitrogen and oxygen atoms in total. The van der Waals surface area contributed by atoms with Gasteiger partial charge in [0.25, 0.3) is 11.8 Å². The van der Waals surface area contributed by atoms with Crippen LogP contribution in [0.1, 0.15) is 46.6 Å². The van der Waals surface area contributed by atoms with Crippen molar-refractivity contribution in [3.63, 3.8) is 0 Å². The Kier molecular flexibility index (Phi) is 6.45. The van der Waals surface area contributed by atoms with Crippen molar-refractivity contribution >= 4 is 28.3 Å². The summed E-state index contributed by atoms with van der Waals surface area (Å²) in [5.74, 6) is 0.0861. The normalized spacial score (nSPS) is 14.5. The molecule has 7 heteroatoms. The molecule has 1 aliphatic heterocycles. The van der Waals surface area contributed by atoms with Crippen molar-refractivity contribution in [3.05, 3.63) is 40.4 Å². The highest BCUT2D eigenvalue weighted by Crippen LogP contribution is 2.24. The Balaban J connectivity index is 1.64.